The molecule has 0 saturated carbocycles. The van der Waals surface area contributed by atoms with Gasteiger partial charge in [-0.15, -0.1) is 0 Å². The quantitative estimate of drug-likeness (QED) is 0.413. The highest BCUT2D eigenvalue weighted by molar-refractivity contribution is 7.75. The number of thiol groups is 1. The van der Waals surface area contributed by atoms with Gasteiger partial charge in [0.05, 0.1) is 5.69 Å². The van der Waals surface area contributed by atoms with Gasteiger partial charge in [-0.05, 0) is 11.5 Å². The SMILES string of the molecule is Nc1c(OS)ccc2ccccc12. The Balaban J connectivity index is 2.79. The van der Waals surface area contributed by atoms with Crippen molar-refractivity contribution in [2.75, 3.05) is 5.73 Å². The van der Waals surface area contributed by atoms with Gasteiger partial charge in [0.15, 0.2) is 5.75 Å². The van der Waals surface area contributed by atoms with E-state index in [1.165, 1.54) is 0 Å². The summed E-state index contributed by atoms with van der Waals surface area (Å²) in [5, 5.41) is 2.10. The monoisotopic (exact) mass is 191 g/mol. The summed E-state index contributed by atoms with van der Waals surface area (Å²) in [4.78, 5) is 0. The van der Waals surface area contributed by atoms with Gasteiger partial charge in [-0.3, -0.25) is 0 Å². The Labute approximate surface area is 81.9 Å². The molecule has 3 heteroatoms. The maximum atomic E-state index is 5.86. The molecule has 0 aliphatic rings. The van der Waals surface area contributed by atoms with Crippen LogP contribution in [-0.4, -0.2) is 0 Å². The molecule has 2 N–H and O–H groups in total. The van der Waals surface area contributed by atoms with Crippen LogP contribution in [0.1, 0.15) is 0 Å². The number of nitrogens with two attached hydrogens (primary N) is 1. The summed E-state index contributed by atoms with van der Waals surface area (Å²) in [6.07, 6.45) is 0. The Hall–Kier alpha value is -1.35. The van der Waals surface area contributed by atoms with Crippen LogP contribution in [0.2, 0.25) is 0 Å². The molecule has 2 rings (SSSR count). The summed E-state index contributed by atoms with van der Waals surface area (Å²) in [6, 6.07) is 11.7. The molecule has 0 atom stereocenters. The third kappa shape index (κ3) is 1.31. The third-order valence-electron chi connectivity index (χ3n) is 2.03. The Morgan fingerprint density at radius 3 is 2.62 bits per heavy atom. The van der Waals surface area contributed by atoms with Crippen LogP contribution >= 0.6 is 12.9 Å². The van der Waals surface area contributed by atoms with E-state index < -0.39 is 0 Å². The van der Waals surface area contributed by atoms with Crippen molar-refractivity contribution in [2.24, 2.45) is 0 Å². The predicted octanol–water partition coefficient (Wildman–Crippen LogP) is 2.65. The van der Waals surface area contributed by atoms with E-state index in [-0.39, 0.29) is 0 Å². The van der Waals surface area contributed by atoms with Crippen LogP contribution in [0.3, 0.4) is 0 Å². The minimum Gasteiger partial charge on any atom is -0.427 e. The summed E-state index contributed by atoms with van der Waals surface area (Å²) in [7, 11) is 0. The summed E-state index contributed by atoms with van der Waals surface area (Å²) in [5.41, 5.74) is 6.49. The smallest absolute Gasteiger partial charge is 0.160 e. The highest BCUT2D eigenvalue weighted by Crippen LogP contribution is 2.30. The third-order valence-corrected chi connectivity index (χ3v) is 2.23. The average molecular weight is 191 g/mol. The van der Waals surface area contributed by atoms with Crippen LogP contribution in [-0.2, 0) is 0 Å². The number of rotatable bonds is 1. The van der Waals surface area contributed by atoms with Crippen LogP contribution in [0.25, 0.3) is 10.8 Å². The molecule has 0 radical (unpaired) electrons. The molecule has 0 bridgehead atoms. The number of hydrogen-bond donors (Lipinski definition) is 2. The molecule has 0 unspecified atom stereocenters. The second-order valence-corrected chi connectivity index (χ2v) is 2.97. The van der Waals surface area contributed by atoms with Crippen molar-refractivity contribution in [3.05, 3.63) is 36.4 Å². The largest absolute Gasteiger partial charge is 0.427 e. The molecule has 66 valence electrons. The Morgan fingerprint density at radius 1 is 1.08 bits per heavy atom. The zero-order valence-electron chi connectivity index (χ0n) is 6.90. The second kappa shape index (κ2) is 3.18. The Morgan fingerprint density at radius 2 is 1.85 bits per heavy atom. The minimum atomic E-state index is 0.599. The van der Waals surface area contributed by atoms with Gasteiger partial charge in [0.1, 0.15) is 0 Å². The lowest BCUT2D eigenvalue weighted by Crippen LogP contribution is -1.90. The highest BCUT2D eigenvalue weighted by Gasteiger charge is 2.03. The first kappa shape index (κ1) is 8.26. The predicted molar refractivity (Wildman–Crippen MR) is 58.0 cm³/mol. The van der Waals surface area contributed by atoms with E-state index >= 15 is 0 Å². The highest BCUT2D eigenvalue weighted by atomic mass is 32.1. The van der Waals surface area contributed by atoms with E-state index in [2.05, 4.69) is 12.9 Å². The molecular weight excluding hydrogens is 182 g/mol. The minimum absolute atomic E-state index is 0.599. The Kier molecular flexibility index (Phi) is 2.02. The molecule has 0 fully saturated rings. The van der Waals surface area contributed by atoms with Gasteiger partial charge in [-0.25, -0.2) is 0 Å². The van der Waals surface area contributed by atoms with Crippen molar-refractivity contribution < 1.29 is 4.18 Å². The van der Waals surface area contributed by atoms with Crippen LogP contribution in [0, 0.1) is 0 Å². The van der Waals surface area contributed by atoms with E-state index in [0.29, 0.717) is 11.4 Å². The summed E-state index contributed by atoms with van der Waals surface area (Å²) in [6.45, 7) is 0. The first-order chi connectivity index (χ1) is 6.33. The molecule has 2 nitrogen and oxygen atoms in total. The van der Waals surface area contributed by atoms with Crippen LogP contribution in [0.5, 0.6) is 5.75 Å². The van der Waals surface area contributed by atoms with E-state index in [9.17, 15) is 0 Å². The maximum Gasteiger partial charge on any atom is 0.160 e. The lowest BCUT2D eigenvalue weighted by atomic mass is 10.1. The molecule has 13 heavy (non-hydrogen) atoms. The first-order valence-corrected chi connectivity index (χ1v) is 4.28. The molecule has 0 amide bonds. The molecule has 0 aliphatic carbocycles. The number of fused-ring (bicyclic) bond motifs is 1. The number of hydrogen-bond acceptors (Lipinski definition) is 3. The first-order valence-electron chi connectivity index (χ1n) is 3.91. The second-order valence-electron chi connectivity index (χ2n) is 2.79. The maximum absolute atomic E-state index is 5.86. The molecule has 0 aromatic heterocycles. The fraction of sp³-hybridized carbons (Fsp3) is 0. The zero-order valence-corrected chi connectivity index (χ0v) is 7.79. The lowest BCUT2D eigenvalue weighted by Gasteiger charge is -2.05. The molecule has 0 spiro atoms. The molecule has 0 saturated heterocycles. The van der Waals surface area contributed by atoms with E-state index in [1.807, 2.05) is 36.4 Å². The molecule has 0 aliphatic heterocycles. The van der Waals surface area contributed by atoms with Crippen molar-refractivity contribution in [2.45, 2.75) is 0 Å². The van der Waals surface area contributed by atoms with Crippen LogP contribution in [0.15, 0.2) is 36.4 Å². The van der Waals surface area contributed by atoms with Crippen molar-refractivity contribution in [1.82, 2.24) is 0 Å². The summed E-state index contributed by atoms with van der Waals surface area (Å²) >= 11 is 3.73. The fourth-order valence-electron chi connectivity index (χ4n) is 1.36. The van der Waals surface area contributed by atoms with E-state index in [1.54, 1.807) is 0 Å². The normalized spacial score (nSPS) is 10.2. The van der Waals surface area contributed by atoms with Crippen LogP contribution < -0.4 is 9.92 Å². The van der Waals surface area contributed by atoms with E-state index in [0.717, 1.165) is 10.8 Å². The van der Waals surface area contributed by atoms with Crippen molar-refractivity contribution >= 4 is 29.4 Å². The standard InChI is InChI=1S/C10H9NOS/c11-10-8-4-2-1-3-7(8)5-6-9(10)12-13/h1-6,13H,11H2. The van der Waals surface area contributed by atoms with Crippen molar-refractivity contribution in [1.29, 1.82) is 0 Å². The molecule has 2 aromatic carbocycles. The average Bonchev–Trinajstić information content (AvgIpc) is 2.19. The number of benzene rings is 2. The van der Waals surface area contributed by atoms with Crippen LogP contribution in [0.4, 0.5) is 5.69 Å². The fourth-order valence-corrected chi connectivity index (χ4v) is 1.51. The summed E-state index contributed by atoms with van der Waals surface area (Å²) < 4.78 is 4.82. The van der Waals surface area contributed by atoms with Gasteiger partial charge in [0, 0.05) is 18.3 Å². The Bertz CT molecular complexity index is 442. The van der Waals surface area contributed by atoms with Gasteiger partial charge >= 0.3 is 0 Å². The van der Waals surface area contributed by atoms with Gasteiger partial charge in [0.25, 0.3) is 0 Å². The van der Waals surface area contributed by atoms with Gasteiger partial charge in [0.2, 0.25) is 0 Å². The molecule has 0 heterocycles. The van der Waals surface area contributed by atoms with Crippen molar-refractivity contribution in [3.63, 3.8) is 0 Å². The summed E-state index contributed by atoms with van der Waals surface area (Å²) in [5.74, 6) is 0.599. The van der Waals surface area contributed by atoms with Gasteiger partial charge in [-0.2, -0.15) is 0 Å². The van der Waals surface area contributed by atoms with Crippen molar-refractivity contribution in [3.8, 4) is 5.75 Å². The lowest BCUT2D eigenvalue weighted by molar-refractivity contribution is 0.663. The number of nitrogen functional groups attached to an aromatic ring is 1. The number of anilines is 1. The van der Waals surface area contributed by atoms with Gasteiger partial charge in [-0.1, -0.05) is 30.3 Å². The topological polar surface area (TPSA) is 35.2 Å². The zero-order chi connectivity index (χ0) is 9.26. The van der Waals surface area contributed by atoms with E-state index in [4.69, 9.17) is 9.92 Å². The van der Waals surface area contributed by atoms with Gasteiger partial charge < -0.3 is 9.92 Å². The molecular formula is C10H9NOS. The molecule has 2 aromatic rings.